The highest BCUT2D eigenvalue weighted by Gasteiger charge is 2.43. The van der Waals surface area contributed by atoms with Gasteiger partial charge in [0.1, 0.15) is 12.1 Å². The van der Waals surface area contributed by atoms with Crippen LogP contribution in [0, 0.1) is 23.7 Å². The third-order valence-electron chi connectivity index (χ3n) is 11.6. The lowest BCUT2D eigenvalue weighted by Crippen LogP contribution is -2.60. The van der Waals surface area contributed by atoms with Crippen molar-refractivity contribution in [2.24, 2.45) is 23.7 Å². The lowest BCUT2D eigenvalue weighted by atomic mass is 9.89. The minimum Gasteiger partial charge on any atom is -0.480 e. The summed E-state index contributed by atoms with van der Waals surface area (Å²) >= 11 is 0. The van der Waals surface area contributed by atoms with Crippen LogP contribution in [-0.4, -0.2) is 133 Å². The van der Waals surface area contributed by atoms with Crippen LogP contribution in [0.5, 0.6) is 0 Å². The number of nitrogens with zero attached hydrogens (tertiary/aromatic N) is 3. The van der Waals surface area contributed by atoms with E-state index in [9.17, 15) is 29.1 Å². The van der Waals surface area contributed by atoms with Gasteiger partial charge in [0.15, 0.2) is 0 Å². The van der Waals surface area contributed by atoms with Gasteiger partial charge in [-0.05, 0) is 56.2 Å². The van der Waals surface area contributed by atoms with E-state index >= 15 is 0 Å². The van der Waals surface area contributed by atoms with E-state index in [-0.39, 0.29) is 54.4 Å². The first-order valence-electron chi connectivity index (χ1n) is 20.6. The Morgan fingerprint density at radius 1 is 0.911 bits per heavy atom. The summed E-state index contributed by atoms with van der Waals surface area (Å²) in [7, 11) is 6.73. The van der Waals surface area contributed by atoms with Gasteiger partial charge in [-0.15, -0.1) is 0 Å². The Kier molecular flexibility index (Phi) is 20.5. The minimum absolute atomic E-state index is 0.00878. The molecule has 1 aromatic rings. The monoisotopic (exact) mass is 788 g/mol. The van der Waals surface area contributed by atoms with E-state index in [2.05, 4.69) is 22.5 Å². The van der Waals surface area contributed by atoms with E-state index < -0.39 is 54.2 Å². The Bertz CT molecular complexity index is 1390. The number of unbranched alkanes of at least 4 members (excludes halogenated alkanes) is 1. The van der Waals surface area contributed by atoms with Crippen LogP contribution in [0.1, 0.15) is 99.5 Å². The maximum absolute atomic E-state index is 14.4. The summed E-state index contributed by atoms with van der Waals surface area (Å²) in [6, 6.07) is 5.92. The zero-order chi connectivity index (χ0) is 42.3. The van der Waals surface area contributed by atoms with Crippen LogP contribution in [0.15, 0.2) is 30.3 Å². The summed E-state index contributed by atoms with van der Waals surface area (Å²) in [5.41, 5.74) is 0.786. The molecule has 1 aromatic carbocycles. The Labute approximate surface area is 336 Å². The van der Waals surface area contributed by atoms with Crippen molar-refractivity contribution in [3.63, 3.8) is 0 Å². The van der Waals surface area contributed by atoms with Crippen molar-refractivity contribution in [1.29, 1.82) is 0 Å². The predicted octanol–water partition coefficient (Wildman–Crippen LogP) is 4.62. The number of carbonyl (C=O) groups is 5. The zero-order valence-corrected chi connectivity index (χ0v) is 36.2. The minimum atomic E-state index is -1.14. The van der Waals surface area contributed by atoms with Gasteiger partial charge in [0.05, 0.1) is 42.7 Å². The summed E-state index contributed by atoms with van der Waals surface area (Å²) in [5.74, 6) is -3.15. The van der Waals surface area contributed by atoms with Crippen molar-refractivity contribution in [3.05, 3.63) is 35.9 Å². The fraction of sp³-hybridized carbons (Fsp3) is 0.744. The van der Waals surface area contributed by atoms with E-state index in [0.717, 1.165) is 31.4 Å². The summed E-state index contributed by atoms with van der Waals surface area (Å²) in [6.07, 6.45) is 2.81. The second kappa shape index (κ2) is 23.6. The van der Waals surface area contributed by atoms with Gasteiger partial charge in [0.25, 0.3) is 0 Å². The number of likely N-dealkylation sites (N-methyl/N-ethyl adjacent to an activating group) is 2. The lowest BCUT2D eigenvalue weighted by molar-refractivity contribution is -0.148. The van der Waals surface area contributed by atoms with Gasteiger partial charge in [-0.2, -0.15) is 0 Å². The molecule has 0 radical (unpaired) electrons. The molecule has 318 valence electrons. The molecular weight excluding hydrogens is 714 g/mol. The summed E-state index contributed by atoms with van der Waals surface area (Å²) in [6.45, 7) is 17.0. The van der Waals surface area contributed by atoms with Gasteiger partial charge in [0.2, 0.25) is 23.6 Å². The van der Waals surface area contributed by atoms with E-state index in [1.54, 1.807) is 30.9 Å². The molecule has 9 atom stereocenters. The molecule has 2 rings (SSSR count). The number of hydrogen-bond donors (Lipinski definition) is 3. The number of nitrogens with one attached hydrogen (secondary N) is 2. The number of likely N-dealkylation sites (tertiary alicyclic amines) is 1. The van der Waals surface area contributed by atoms with Crippen molar-refractivity contribution < 1.29 is 38.6 Å². The topological polar surface area (TPSA) is 158 Å². The predicted molar refractivity (Wildman–Crippen MR) is 219 cm³/mol. The first kappa shape index (κ1) is 48.6. The number of benzene rings is 1. The van der Waals surface area contributed by atoms with Crippen LogP contribution >= 0.6 is 0 Å². The van der Waals surface area contributed by atoms with Gasteiger partial charge in [-0.1, -0.05) is 98.6 Å². The largest absolute Gasteiger partial charge is 0.480 e. The number of hydrogen-bond acceptors (Lipinski definition) is 8. The summed E-state index contributed by atoms with van der Waals surface area (Å²) in [4.78, 5) is 73.5. The molecule has 0 aliphatic carbocycles. The quantitative estimate of drug-likeness (QED) is 0.136. The molecule has 3 N–H and O–H groups in total. The number of carboxylic acids is 1. The molecule has 0 spiro atoms. The maximum atomic E-state index is 14.4. The molecular formula is C43H73N5O8. The van der Waals surface area contributed by atoms with Gasteiger partial charge in [0, 0.05) is 34.2 Å². The van der Waals surface area contributed by atoms with E-state index in [1.807, 2.05) is 78.9 Å². The van der Waals surface area contributed by atoms with Gasteiger partial charge in [-0.3, -0.25) is 24.1 Å². The molecule has 56 heavy (non-hydrogen) atoms. The maximum Gasteiger partial charge on any atom is 0.326 e. The molecule has 4 amide bonds. The normalized spacial score (nSPS) is 18.8. The van der Waals surface area contributed by atoms with Crippen molar-refractivity contribution in [3.8, 4) is 0 Å². The molecule has 13 nitrogen and oxygen atoms in total. The van der Waals surface area contributed by atoms with Crippen LogP contribution in [0.25, 0.3) is 0 Å². The van der Waals surface area contributed by atoms with Crippen LogP contribution < -0.4 is 10.6 Å². The number of carbonyl (C=O) groups excluding carboxylic acids is 4. The third-order valence-corrected chi connectivity index (χ3v) is 11.6. The molecule has 1 saturated heterocycles. The Morgan fingerprint density at radius 2 is 1.55 bits per heavy atom. The number of aliphatic carboxylic acids is 1. The molecule has 1 aliphatic heterocycles. The second-order valence-electron chi connectivity index (χ2n) is 16.4. The zero-order valence-electron chi connectivity index (χ0n) is 36.2. The van der Waals surface area contributed by atoms with Crippen molar-refractivity contribution in [2.45, 2.75) is 143 Å². The smallest absolute Gasteiger partial charge is 0.326 e. The summed E-state index contributed by atoms with van der Waals surface area (Å²) in [5, 5.41) is 15.7. The van der Waals surface area contributed by atoms with Crippen LogP contribution in [-0.2, 0) is 39.9 Å². The molecule has 13 heteroatoms. The molecule has 1 heterocycles. The number of carboxylic acid groups (broad SMARTS) is 1. The SMILES string of the molecule is CCCCN(C)[C@H](C(=O)N[C@H](C(=O)N(C)[C@@H]([C@@H](C)CC)[C@@H](CC(=O)N1CCC[C@H]1[C@H](OC)[C@@H](C)C(=O)N[C@H](Cc1ccccc1)C(=O)O)OC)C(C)C)C(C)C. The van der Waals surface area contributed by atoms with Gasteiger partial charge in [-0.25, -0.2) is 4.79 Å². The van der Waals surface area contributed by atoms with Gasteiger partial charge < -0.3 is 35.0 Å². The highest BCUT2D eigenvalue weighted by Crippen LogP contribution is 2.30. The number of methoxy groups -OCH3 is 2. The first-order chi connectivity index (χ1) is 26.4. The van der Waals surface area contributed by atoms with Crippen molar-refractivity contribution in [1.82, 2.24) is 25.3 Å². The van der Waals surface area contributed by atoms with Crippen molar-refractivity contribution >= 4 is 29.6 Å². The average Bonchev–Trinajstić information content (AvgIpc) is 3.65. The van der Waals surface area contributed by atoms with Crippen molar-refractivity contribution in [2.75, 3.05) is 41.4 Å². The molecule has 1 aliphatic rings. The fourth-order valence-electron chi connectivity index (χ4n) is 8.19. The second-order valence-corrected chi connectivity index (χ2v) is 16.4. The van der Waals surface area contributed by atoms with E-state index in [4.69, 9.17) is 9.47 Å². The Hall–Kier alpha value is -3.55. The van der Waals surface area contributed by atoms with Crippen LogP contribution in [0.3, 0.4) is 0 Å². The molecule has 0 aromatic heterocycles. The van der Waals surface area contributed by atoms with E-state index in [0.29, 0.717) is 19.4 Å². The third kappa shape index (κ3) is 13.3. The number of amides is 4. The standard InChI is InChI=1S/C43H73N5O8/c1-13-15-23-46(9)37(28(5)6)41(51)45-36(27(3)4)42(52)47(10)38(29(7)14-2)34(55-11)26-35(49)48-24-19-22-33(48)39(56-12)30(8)40(50)44-32(43(53)54)25-31-20-17-16-18-21-31/h16-18,20-21,27-30,32-34,36-39H,13-15,19,22-26H2,1-12H3,(H,44,50)(H,45,51)(H,53,54)/t29-,30+,32+,33-,34+,36-,37-,38-,39+/m0/s1. The van der Waals surface area contributed by atoms with Gasteiger partial charge >= 0.3 is 5.97 Å². The average molecular weight is 788 g/mol. The number of rotatable bonds is 24. The molecule has 0 saturated carbocycles. The fourth-order valence-corrected chi connectivity index (χ4v) is 8.19. The molecule has 0 bridgehead atoms. The lowest BCUT2D eigenvalue weighted by Gasteiger charge is -2.41. The highest BCUT2D eigenvalue weighted by atomic mass is 16.5. The Balaban J connectivity index is 2.28. The first-order valence-corrected chi connectivity index (χ1v) is 20.6. The van der Waals surface area contributed by atoms with Crippen LogP contribution in [0.4, 0.5) is 0 Å². The highest BCUT2D eigenvalue weighted by molar-refractivity contribution is 5.90. The number of ether oxygens (including phenoxy) is 2. The molecule has 1 fully saturated rings. The Morgan fingerprint density at radius 3 is 2.07 bits per heavy atom. The van der Waals surface area contributed by atoms with Crippen LogP contribution in [0.2, 0.25) is 0 Å². The van der Waals surface area contributed by atoms with E-state index in [1.165, 1.54) is 7.11 Å². The molecule has 0 unspecified atom stereocenters. The summed E-state index contributed by atoms with van der Waals surface area (Å²) < 4.78 is 11.9.